The standard InChI is InChI=1S/C22H28FN5O/c1-16(22(29)24-19-4-2-3-5-19)27-12-14-28(15-13-27)21-11-10-20(25-26-21)17-6-8-18(23)9-7-17/h6-11,16,19H,2-5,12-15H2,1H3,(H,24,29). The van der Waals surface area contributed by atoms with Gasteiger partial charge in [0.15, 0.2) is 5.82 Å². The van der Waals surface area contributed by atoms with E-state index in [2.05, 4.69) is 25.3 Å². The molecular formula is C22H28FN5O. The van der Waals surface area contributed by atoms with Gasteiger partial charge in [0.2, 0.25) is 5.91 Å². The summed E-state index contributed by atoms with van der Waals surface area (Å²) >= 11 is 0. The lowest BCUT2D eigenvalue weighted by molar-refractivity contribution is -0.126. The Labute approximate surface area is 171 Å². The lowest BCUT2D eigenvalue weighted by Gasteiger charge is -2.38. The molecule has 1 saturated carbocycles. The van der Waals surface area contributed by atoms with Gasteiger partial charge in [0.05, 0.1) is 11.7 Å². The van der Waals surface area contributed by atoms with Crippen molar-refractivity contribution >= 4 is 11.7 Å². The van der Waals surface area contributed by atoms with Crippen molar-refractivity contribution in [2.75, 3.05) is 31.1 Å². The number of nitrogens with one attached hydrogen (secondary N) is 1. The quantitative estimate of drug-likeness (QED) is 0.841. The van der Waals surface area contributed by atoms with Gasteiger partial charge in [-0.25, -0.2) is 4.39 Å². The van der Waals surface area contributed by atoms with E-state index in [1.807, 2.05) is 19.1 Å². The second-order valence-electron chi connectivity index (χ2n) is 7.97. The maximum atomic E-state index is 13.1. The SMILES string of the molecule is CC(C(=O)NC1CCCC1)N1CCN(c2ccc(-c3ccc(F)cc3)nn2)CC1. The van der Waals surface area contributed by atoms with E-state index in [0.717, 1.165) is 56.1 Å². The largest absolute Gasteiger partial charge is 0.353 e. The molecule has 0 spiro atoms. The predicted molar refractivity (Wildman–Crippen MR) is 111 cm³/mol. The van der Waals surface area contributed by atoms with E-state index in [9.17, 15) is 9.18 Å². The zero-order valence-corrected chi connectivity index (χ0v) is 16.9. The van der Waals surface area contributed by atoms with Crippen LogP contribution in [-0.2, 0) is 4.79 Å². The number of piperazine rings is 1. The fourth-order valence-electron chi connectivity index (χ4n) is 4.16. The van der Waals surface area contributed by atoms with Crippen LogP contribution in [0.25, 0.3) is 11.3 Å². The molecule has 0 bridgehead atoms. The lowest BCUT2D eigenvalue weighted by Crippen LogP contribution is -2.55. The van der Waals surface area contributed by atoms with Crippen molar-refractivity contribution in [3.8, 4) is 11.3 Å². The number of benzene rings is 1. The van der Waals surface area contributed by atoms with Crippen molar-refractivity contribution in [3.63, 3.8) is 0 Å². The van der Waals surface area contributed by atoms with Crippen molar-refractivity contribution in [3.05, 3.63) is 42.2 Å². The molecule has 2 heterocycles. The Morgan fingerprint density at radius 3 is 2.34 bits per heavy atom. The Hall–Kier alpha value is -2.54. The molecule has 1 aliphatic heterocycles. The van der Waals surface area contributed by atoms with Gasteiger partial charge in [-0.15, -0.1) is 10.2 Å². The van der Waals surface area contributed by atoms with Crippen molar-refractivity contribution in [1.29, 1.82) is 0 Å². The first kappa shape index (κ1) is 19.8. The highest BCUT2D eigenvalue weighted by Crippen LogP contribution is 2.21. The van der Waals surface area contributed by atoms with Crippen LogP contribution in [-0.4, -0.2) is 59.3 Å². The maximum Gasteiger partial charge on any atom is 0.237 e. The highest BCUT2D eigenvalue weighted by molar-refractivity contribution is 5.81. The first-order valence-corrected chi connectivity index (χ1v) is 10.5. The third kappa shape index (κ3) is 4.72. The van der Waals surface area contributed by atoms with Gasteiger partial charge < -0.3 is 10.2 Å². The molecule has 1 atom stereocenters. The molecule has 1 amide bonds. The Kier molecular flexibility index (Phi) is 6.04. The summed E-state index contributed by atoms with van der Waals surface area (Å²) in [6.07, 6.45) is 4.66. The number of hydrogen-bond donors (Lipinski definition) is 1. The molecule has 1 saturated heterocycles. The molecule has 29 heavy (non-hydrogen) atoms. The van der Waals surface area contributed by atoms with Crippen LogP contribution in [0.15, 0.2) is 36.4 Å². The summed E-state index contributed by atoms with van der Waals surface area (Å²) in [4.78, 5) is 17.0. The second-order valence-corrected chi connectivity index (χ2v) is 7.97. The molecule has 6 nitrogen and oxygen atoms in total. The number of rotatable bonds is 5. The molecular weight excluding hydrogens is 369 g/mol. The minimum atomic E-state index is -0.262. The van der Waals surface area contributed by atoms with Crippen LogP contribution in [0, 0.1) is 5.82 Å². The topological polar surface area (TPSA) is 61.4 Å². The van der Waals surface area contributed by atoms with Crippen LogP contribution >= 0.6 is 0 Å². The molecule has 0 radical (unpaired) electrons. The third-order valence-electron chi connectivity index (χ3n) is 6.06. The summed E-state index contributed by atoms with van der Waals surface area (Å²) in [5.41, 5.74) is 1.57. The van der Waals surface area contributed by atoms with Gasteiger partial charge in [0, 0.05) is 37.8 Å². The van der Waals surface area contributed by atoms with Gasteiger partial charge in [-0.05, 0) is 56.2 Å². The first-order valence-electron chi connectivity index (χ1n) is 10.5. The van der Waals surface area contributed by atoms with E-state index in [1.54, 1.807) is 12.1 Å². The number of aromatic nitrogens is 2. The zero-order chi connectivity index (χ0) is 20.2. The van der Waals surface area contributed by atoms with E-state index >= 15 is 0 Å². The zero-order valence-electron chi connectivity index (χ0n) is 16.9. The third-order valence-corrected chi connectivity index (χ3v) is 6.06. The van der Waals surface area contributed by atoms with Crippen LogP contribution in [0.1, 0.15) is 32.6 Å². The van der Waals surface area contributed by atoms with Gasteiger partial charge in [0.25, 0.3) is 0 Å². The fourth-order valence-corrected chi connectivity index (χ4v) is 4.16. The lowest BCUT2D eigenvalue weighted by atomic mass is 10.1. The molecule has 4 rings (SSSR count). The smallest absolute Gasteiger partial charge is 0.237 e. The molecule has 1 aromatic heterocycles. The van der Waals surface area contributed by atoms with Gasteiger partial charge >= 0.3 is 0 Å². The van der Waals surface area contributed by atoms with Gasteiger partial charge in [-0.3, -0.25) is 9.69 Å². The summed E-state index contributed by atoms with van der Waals surface area (Å²) < 4.78 is 13.1. The number of halogens is 1. The van der Waals surface area contributed by atoms with Crippen LogP contribution in [0.5, 0.6) is 0 Å². The van der Waals surface area contributed by atoms with E-state index in [4.69, 9.17) is 0 Å². The van der Waals surface area contributed by atoms with Gasteiger partial charge in [-0.1, -0.05) is 12.8 Å². The van der Waals surface area contributed by atoms with E-state index < -0.39 is 0 Å². The van der Waals surface area contributed by atoms with Gasteiger partial charge in [0.1, 0.15) is 5.82 Å². The molecule has 2 aromatic rings. The van der Waals surface area contributed by atoms with Crippen molar-refractivity contribution in [2.45, 2.75) is 44.7 Å². The summed E-state index contributed by atoms with van der Waals surface area (Å²) in [5.74, 6) is 0.717. The summed E-state index contributed by atoms with van der Waals surface area (Å²) in [7, 11) is 0. The predicted octanol–water partition coefficient (Wildman–Crippen LogP) is 2.85. The second kappa shape index (κ2) is 8.86. The minimum absolute atomic E-state index is 0.107. The Morgan fingerprint density at radius 1 is 1.03 bits per heavy atom. The van der Waals surface area contributed by atoms with Crippen LogP contribution in [0.3, 0.4) is 0 Å². The summed E-state index contributed by atoms with van der Waals surface area (Å²) in [6.45, 7) is 5.26. The van der Waals surface area contributed by atoms with Crippen molar-refractivity contribution in [1.82, 2.24) is 20.4 Å². The van der Waals surface area contributed by atoms with Crippen LogP contribution < -0.4 is 10.2 Å². The molecule has 1 unspecified atom stereocenters. The van der Waals surface area contributed by atoms with Crippen molar-refractivity contribution in [2.24, 2.45) is 0 Å². The number of carbonyl (C=O) groups excluding carboxylic acids is 1. The molecule has 154 valence electrons. The average Bonchev–Trinajstić information content (AvgIpc) is 3.27. The van der Waals surface area contributed by atoms with Crippen molar-refractivity contribution < 1.29 is 9.18 Å². The van der Waals surface area contributed by atoms with Gasteiger partial charge in [-0.2, -0.15) is 0 Å². The van der Waals surface area contributed by atoms with E-state index in [-0.39, 0.29) is 17.8 Å². The molecule has 1 N–H and O–H groups in total. The normalized spacial score (nSPS) is 19.3. The Bertz CT molecular complexity index is 812. The van der Waals surface area contributed by atoms with Crippen LogP contribution in [0.4, 0.5) is 10.2 Å². The molecule has 1 aromatic carbocycles. The molecule has 7 heteroatoms. The Morgan fingerprint density at radius 2 is 1.72 bits per heavy atom. The minimum Gasteiger partial charge on any atom is -0.353 e. The summed E-state index contributed by atoms with van der Waals surface area (Å²) in [6, 6.07) is 10.4. The molecule has 1 aliphatic carbocycles. The number of hydrogen-bond acceptors (Lipinski definition) is 5. The van der Waals surface area contributed by atoms with E-state index in [0.29, 0.717) is 6.04 Å². The monoisotopic (exact) mass is 397 g/mol. The Balaban J connectivity index is 1.30. The fraction of sp³-hybridized carbons (Fsp3) is 0.500. The number of carbonyl (C=O) groups is 1. The first-order chi connectivity index (χ1) is 14.1. The molecule has 2 aliphatic rings. The maximum absolute atomic E-state index is 13.1. The highest BCUT2D eigenvalue weighted by atomic mass is 19.1. The number of nitrogens with zero attached hydrogens (tertiary/aromatic N) is 4. The molecule has 2 fully saturated rings. The highest BCUT2D eigenvalue weighted by Gasteiger charge is 2.28. The average molecular weight is 397 g/mol. The van der Waals surface area contributed by atoms with E-state index in [1.165, 1.54) is 25.0 Å². The van der Waals surface area contributed by atoms with Crippen LogP contribution in [0.2, 0.25) is 0 Å². The summed E-state index contributed by atoms with van der Waals surface area (Å²) in [5, 5.41) is 11.9. The number of amides is 1. The number of anilines is 1.